The predicted octanol–water partition coefficient (Wildman–Crippen LogP) is 1.96. The van der Waals surface area contributed by atoms with Gasteiger partial charge in [0.05, 0.1) is 4.91 Å². The average Bonchev–Trinajstić information content (AvgIpc) is 2.86. The number of hydrogen-bond acceptors (Lipinski definition) is 6. The molecule has 0 bridgehead atoms. The zero-order valence-electron chi connectivity index (χ0n) is 14.0. The van der Waals surface area contributed by atoms with E-state index in [1.54, 1.807) is 25.1 Å². The van der Waals surface area contributed by atoms with E-state index in [0.717, 1.165) is 17.3 Å². The summed E-state index contributed by atoms with van der Waals surface area (Å²) in [4.78, 5) is 36.9. The molecule has 2 rings (SSSR count). The summed E-state index contributed by atoms with van der Waals surface area (Å²) in [6, 6.07) is 5.57. The van der Waals surface area contributed by atoms with Crippen molar-refractivity contribution in [3.05, 3.63) is 34.7 Å². The van der Waals surface area contributed by atoms with E-state index >= 15 is 0 Å². The van der Waals surface area contributed by atoms with Gasteiger partial charge in [-0.2, -0.15) is 0 Å². The Kier molecular flexibility index (Phi) is 6.76. The number of hydrogen-bond donors (Lipinski definition) is 3. The molecule has 1 aromatic rings. The van der Waals surface area contributed by atoms with Crippen LogP contribution in [0.3, 0.4) is 0 Å². The van der Waals surface area contributed by atoms with Crippen molar-refractivity contribution in [1.29, 1.82) is 0 Å². The molecular formula is C17H18N2O5S2. The fourth-order valence-corrected chi connectivity index (χ4v) is 3.67. The molecule has 9 heteroatoms. The number of carbonyl (C=O) groups excluding carboxylic acids is 2. The van der Waals surface area contributed by atoms with Crippen LogP contribution in [-0.2, 0) is 14.4 Å². The first-order chi connectivity index (χ1) is 12.3. The first-order valence-corrected chi connectivity index (χ1v) is 9.07. The van der Waals surface area contributed by atoms with Crippen molar-refractivity contribution in [2.75, 3.05) is 6.54 Å². The van der Waals surface area contributed by atoms with Crippen LogP contribution in [0.4, 0.5) is 0 Å². The van der Waals surface area contributed by atoms with Crippen LogP contribution in [0, 0.1) is 0 Å². The van der Waals surface area contributed by atoms with Gasteiger partial charge >= 0.3 is 5.97 Å². The molecule has 7 nitrogen and oxygen atoms in total. The lowest BCUT2D eigenvalue weighted by molar-refractivity contribution is -0.137. The number of aliphatic carboxylic acids is 1. The molecule has 0 radical (unpaired) electrons. The number of amides is 2. The summed E-state index contributed by atoms with van der Waals surface area (Å²) in [6.45, 7) is 1.79. The first kappa shape index (κ1) is 19.9. The van der Waals surface area contributed by atoms with Crippen LogP contribution in [-0.4, -0.2) is 49.8 Å². The molecule has 0 aromatic heterocycles. The highest BCUT2D eigenvalue weighted by Gasteiger charge is 2.38. The maximum absolute atomic E-state index is 12.6. The van der Waals surface area contributed by atoms with E-state index in [1.807, 2.05) is 0 Å². The minimum absolute atomic E-state index is 0.0366. The van der Waals surface area contributed by atoms with Gasteiger partial charge in [0.25, 0.3) is 5.91 Å². The number of thioether (sulfide) groups is 1. The Balaban J connectivity index is 2.02. The van der Waals surface area contributed by atoms with Gasteiger partial charge in [-0.3, -0.25) is 19.3 Å². The van der Waals surface area contributed by atoms with Crippen LogP contribution < -0.4 is 5.32 Å². The Bertz CT molecular complexity index is 761. The maximum Gasteiger partial charge on any atom is 0.303 e. The molecule has 1 aliphatic rings. The van der Waals surface area contributed by atoms with Crippen LogP contribution in [0.15, 0.2) is 29.2 Å². The minimum atomic E-state index is -0.927. The summed E-state index contributed by atoms with van der Waals surface area (Å²) >= 11 is 6.33. The number of thiocarbonyl (C=S) groups is 1. The van der Waals surface area contributed by atoms with E-state index in [4.69, 9.17) is 17.3 Å². The van der Waals surface area contributed by atoms with E-state index in [2.05, 4.69) is 5.32 Å². The normalized spacial score (nSPS) is 16.8. The second-order valence-corrected chi connectivity index (χ2v) is 7.28. The highest BCUT2D eigenvalue weighted by atomic mass is 32.2. The van der Waals surface area contributed by atoms with Gasteiger partial charge in [-0.25, -0.2) is 0 Å². The molecule has 1 atom stereocenters. The zero-order valence-corrected chi connectivity index (χ0v) is 15.6. The second-order valence-electron chi connectivity index (χ2n) is 5.61. The quantitative estimate of drug-likeness (QED) is 0.369. The van der Waals surface area contributed by atoms with Gasteiger partial charge in [-0.15, -0.1) is 0 Å². The van der Waals surface area contributed by atoms with E-state index in [-0.39, 0.29) is 28.9 Å². The van der Waals surface area contributed by atoms with Crippen molar-refractivity contribution in [3.8, 4) is 5.75 Å². The number of phenols is 1. The molecule has 0 saturated carbocycles. The molecule has 1 saturated heterocycles. The van der Waals surface area contributed by atoms with Crippen LogP contribution in [0.25, 0.3) is 6.08 Å². The molecule has 2 amide bonds. The zero-order chi connectivity index (χ0) is 19.3. The number of rotatable bonds is 7. The van der Waals surface area contributed by atoms with Crippen LogP contribution in [0.5, 0.6) is 5.75 Å². The van der Waals surface area contributed by atoms with Crippen molar-refractivity contribution in [1.82, 2.24) is 10.2 Å². The van der Waals surface area contributed by atoms with Gasteiger partial charge in [-0.1, -0.05) is 36.1 Å². The van der Waals surface area contributed by atoms with Crippen LogP contribution >= 0.6 is 24.0 Å². The summed E-state index contributed by atoms with van der Waals surface area (Å²) in [5, 5.41) is 20.5. The number of nitrogens with zero attached hydrogens (tertiary/aromatic N) is 1. The summed E-state index contributed by atoms with van der Waals surface area (Å²) in [5.74, 6) is -1.55. The average molecular weight is 394 g/mol. The Labute approximate surface area is 160 Å². The van der Waals surface area contributed by atoms with E-state index in [9.17, 15) is 19.5 Å². The molecule has 0 spiro atoms. The minimum Gasteiger partial charge on any atom is -0.508 e. The molecule has 1 aliphatic heterocycles. The van der Waals surface area contributed by atoms with Gasteiger partial charge < -0.3 is 15.5 Å². The predicted molar refractivity (Wildman–Crippen MR) is 102 cm³/mol. The number of aromatic hydroxyl groups is 1. The van der Waals surface area contributed by atoms with E-state index in [1.165, 1.54) is 17.0 Å². The molecule has 0 aliphatic carbocycles. The van der Waals surface area contributed by atoms with Crippen LogP contribution in [0.2, 0.25) is 0 Å². The summed E-state index contributed by atoms with van der Waals surface area (Å²) in [7, 11) is 0. The lowest BCUT2D eigenvalue weighted by atomic mass is 10.2. The summed E-state index contributed by atoms with van der Waals surface area (Å²) in [5.41, 5.74) is 0.731. The summed E-state index contributed by atoms with van der Waals surface area (Å²) < 4.78 is 0.285. The standard InChI is InChI=1S/C17H18N2O5S2/c1-10(15(23)18-8-2-3-14(21)22)19-16(24)13(26-17(19)25)9-11-4-6-12(20)7-5-11/h4-7,9-10,20H,2-3,8H2,1H3,(H,18,23)(H,21,22)/b13-9-. The summed E-state index contributed by atoms with van der Waals surface area (Å²) in [6.07, 6.45) is 1.92. The maximum atomic E-state index is 12.6. The third kappa shape index (κ3) is 5.06. The van der Waals surface area contributed by atoms with Crippen molar-refractivity contribution in [3.63, 3.8) is 0 Å². The monoisotopic (exact) mass is 394 g/mol. The number of phenolic OH excluding ortho intramolecular Hbond substituents is 1. The van der Waals surface area contributed by atoms with Gasteiger partial charge in [0, 0.05) is 13.0 Å². The Morgan fingerprint density at radius 2 is 2.00 bits per heavy atom. The molecule has 3 N–H and O–H groups in total. The molecule has 26 heavy (non-hydrogen) atoms. The fourth-order valence-electron chi connectivity index (χ4n) is 2.25. The molecule has 138 valence electrons. The first-order valence-electron chi connectivity index (χ1n) is 7.85. The SMILES string of the molecule is CC(C(=O)NCCCC(=O)O)N1C(=O)/C(=C/c2ccc(O)cc2)SC1=S. The lowest BCUT2D eigenvalue weighted by Gasteiger charge is -2.22. The highest BCUT2D eigenvalue weighted by Crippen LogP contribution is 2.34. The Hall–Kier alpha value is -2.39. The Morgan fingerprint density at radius 3 is 2.62 bits per heavy atom. The number of carboxylic acid groups (broad SMARTS) is 1. The number of carboxylic acids is 1. The van der Waals surface area contributed by atoms with Gasteiger partial charge in [0.1, 0.15) is 16.1 Å². The molecule has 1 fully saturated rings. The van der Waals surface area contributed by atoms with Gasteiger partial charge in [0.15, 0.2) is 0 Å². The van der Waals surface area contributed by atoms with Crippen molar-refractivity contribution in [2.24, 2.45) is 0 Å². The van der Waals surface area contributed by atoms with Crippen molar-refractivity contribution < 1.29 is 24.6 Å². The topological polar surface area (TPSA) is 107 Å². The number of carbonyl (C=O) groups is 3. The molecule has 1 aromatic carbocycles. The highest BCUT2D eigenvalue weighted by molar-refractivity contribution is 8.26. The fraction of sp³-hybridized carbons (Fsp3) is 0.294. The lowest BCUT2D eigenvalue weighted by Crippen LogP contribution is -2.47. The van der Waals surface area contributed by atoms with E-state index < -0.39 is 17.9 Å². The molecular weight excluding hydrogens is 376 g/mol. The Morgan fingerprint density at radius 1 is 1.35 bits per heavy atom. The van der Waals surface area contributed by atoms with E-state index in [0.29, 0.717) is 11.3 Å². The number of nitrogens with one attached hydrogen (secondary N) is 1. The van der Waals surface area contributed by atoms with Crippen molar-refractivity contribution >= 4 is 52.2 Å². The van der Waals surface area contributed by atoms with Crippen LogP contribution in [0.1, 0.15) is 25.3 Å². The van der Waals surface area contributed by atoms with Gasteiger partial charge in [-0.05, 0) is 37.1 Å². The van der Waals surface area contributed by atoms with Gasteiger partial charge in [0.2, 0.25) is 5.91 Å². The third-order valence-electron chi connectivity index (χ3n) is 3.65. The van der Waals surface area contributed by atoms with Crippen molar-refractivity contribution in [2.45, 2.75) is 25.8 Å². The largest absolute Gasteiger partial charge is 0.508 e. The third-order valence-corrected chi connectivity index (χ3v) is 4.98. The smallest absolute Gasteiger partial charge is 0.303 e. The molecule has 1 unspecified atom stereocenters. The number of benzene rings is 1. The second kappa shape index (κ2) is 8.81. The molecule has 1 heterocycles.